The molecule has 0 radical (unpaired) electrons. The van der Waals surface area contributed by atoms with Crippen molar-refractivity contribution >= 4 is 21.6 Å². The van der Waals surface area contributed by atoms with Crippen LogP contribution in [0.5, 0.6) is 0 Å². The molecule has 28 heavy (non-hydrogen) atoms. The van der Waals surface area contributed by atoms with E-state index in [1.807, 2.05) is 18.2 Å². The fourth-order valence-corrected chi connectivity index (χ4v) is 5.78. The molecule has 148 valence electrons. The lowest BCUT2D eigenvalue weighted by atomic mass is 10.0. The lowest BCUT2D eigenvalue weighted by Crippen LogP contribution is -2.39. The molecule has 2 heterocycles. The first-order chi connectivity index (χ1) is 13.5. The van der Waals surface area contributed by atoms with Gasteiger partial charge in [-0.05, 0) is 67.5 Å². The summed E-state index contributed by atoms with van der Waals surface area (Å²) in [6, 6.07) is 14.4. The summed E-state index contributed by atoms with van der Waals surface area (Å²) in [5.74, 6) is 0.297. The summed E-state index contributed by atoms with van der Waals surface area (Å²) in [6.45, 7) is 3.90. The van der Waals surface area contributed by atoms with E-state index in [1.165, 1.54) is 5.56 Å². The first-order valence-corrected chi connectivity index (χ1v) is 11.4. The van der Waals surface area contributed by atoms with Gasteiger partial charge >= 0.3 is 0 Å². The van der Waals surface area contributed by atoms with E-state index in [0.29, 0.717) is 31.1 Å². The molecule has 0 bridgehead atoms. The first-order valence-electron chi connectivity index (χ1n) is 9.97. The number of aryl methyl sites for hydroxylation is 1. The van der Waals surface area contributed by atoms with Gasteiger partial charge in [0.25, 0.3) is 5.91 Å². The second-order valence-corrected chi connectivity index (χ2v) is 9.76. The number of carbonyl (C=O) groups excluding carboxylic acids is 1. The maximum absolute atomic E-state index is 13.0. The third-order valence-electron chi connectivity index (χ3n) is 5.71. The van der Waals surface area contributed by atoms with E-state index < -0.39 is 10.0 Å². The Morgan fingerprint density at radius 3 is 2.50 bits per heavy atom. The van der Waals surface area contributed by atoms with E-state index in [1.54, 1.807) is 33.5 Å². The SMILES string of the molecule is CC1CCCN(S(=O)(=O)c2ccc(C(=O)N3CCCc4ccccc43)cc2)C1. The van der Waals surface area contributed by atoms with Crippen LogP contribution in [0.4, 0.5) is 5.69 Å². The summed E-state index contributed by atoms with van der Waals surface area (Å²) in [5.41, 5.74) is 2.65. The molecule has 2 aliphatic heterocycles. The molecule has 5 nitrogen and oxygen atoms in total. The van der Waals surface area contributed by atoms with Gasteiger partial charge in [-0.2, -0.15) is 4.31 Å². The van der Waals surface area contributed by atoms with Gasteiger partial charge in [0.2, 0.25) is 10.0 Å². The molecule has 0 N–H and O–H groups in total. The number of anilines is 1. The Kier molecular flexibility index (Phi) is 5.25. The number of hydrogen-bond acceptors (Lipinski definition) is 3. The van der Waals surface area contributed by atoms with E-state index in [-0.39, 0.29) is 10.8 Å². The molecule has 1 atom stereocenters. The Morgan fingerprint density at radius 2 is 1.75 bits per heavy atom. The molecule has 0 saturated carbocycles. The van der Waals surface area contributed by atoms with Crippen LogP contribution in [0.1, 0.15) is 42.1 Å². The number of hydrogen-bond donors (Lipinski definition) is 0. The molecule has 1 amide bonds. The normalized spacial score (nSPS) is 20.6. The third kappa shape index (κ3) is 3.59. The maximum Gasteiger partial charge on any atom is 0.258 e. The van der Waals surface area contributed by atoms with Gasteiger partial charge in [0.15, 0.2) is 0 Å². The Labute approximate surface area is 167 Å². The second-order valence-electron chi connectivity index (χ2n) is 7.82. The van der Waals surface area contributed by atoms with Crippen molar-refractivity contribution in [2.75, 3.05) is 24.5 Å². The quantitative estimate of drug-likeness (QED) is 0.792. The molecule has 0 aromatic heterocycles. The maximum atomic E-state index is 13.0. The zero-order chi connectivity index (χ0) is 19.7. The highest BCUT2D eigenvalue weighted by Crippen LogP contribution is 2.29. The van der Waals surface area contributed by atoms with Gasteiger partial charge in [0.05, 0.1) is 4.90 Å². The molecule has 0 aliphatic carbocycles. The molecule has 0 spiro atoms. The van der Waals surface area contributed by atoms with Crippen LogP contribution in [0.15, 0.2) is 53.4 Å². The van der Waals surface area contributed by atoms with Crippen molar-refractivity contribution in [3.63, 3.8) is 0 Å². The number of carbonyl (C=O) groups is 1. The Morgan fingerprint density at radius 1 is 1.00 bits per heavy atom. The molecule has 2 aromatic rings. The third-order valence-corrected chi connectivity index (χ3v) is 7.59. The van der Waals surface area contributed by atoms with Crippen LogP contribution < -0.4 is 4.90 Å². The number of benzene rings is 2. The van der Waals surface area contributed by atoms with E-state index in [9.17, 15) is 13.2 Å². The van der Waals surface area contributed by atoms with Crippen LogP contribution in [0.25, 0.3) is 0 Å². The van der Waals surface area contributed by atoms with Crippen LogP contribution in [-0.2, 0) is 16.4 Å². The van der Waals surface area contributed by atoms with Crippen molar-refractivity contribution in [3.8, 4) is 0 Å². The first kappa shape index (κ1) is 19.2. The minimum Gasteiger partial charge on any atom is -0.308 e. The highest BCUT2D eigenvalue weighted by Gasteiger charge is 2.29. The largest absolute Gasteiger partial charge is 0.308 e. The second kappa shape index (κ2) is 7.68. The van der Waals surface area contributed by atoms with Crippen molar-refractivity contribution in [3.05, 3.63) is 59.7 Å². The molecule has 2 aliphatic rings. The summed E-state index contributed by atoms with van der Waals surface area (Å²) in [7, 11) is -3.50. The van der Waals surface area contributed by atoms with E-state index >= 15 is 0 Å². The number of piperidine rings is 1. The Bertz CT molecular complexity index is 970. The minimum atomic E-state index is -3.50. The summed E-state index contributed by atoms with van der Waals surface area (Å²) in [5, 5.41) is 0. The zero-order valence-electron chi connectivity index (χ0n) is 16.2. The predicted octanol–water partition coefficient (Wildman–Crippen LogP) is 3.70. The Hall–Kier alpha value is -2.18. The van der Waals surface area contributed by atoms with Crippen molar-refractivity contribution in [1.82, 2.24) is 4.31 Å². The number of para-hydroxylation sites is 1. The molecular weight excluding hydrogens is 372 g/mol. The average Bonchev–Trinajstić information content (AvgIpc) is 2.73. The topological polar surface area (TPSA) is 57.7 Å². The minimum absolute atomic E-state index is 0.0808. The highest BCUT2D eigenvalue weighted by atomic mass is 32.2. The monoisotopic (exact) mass is 398 g/mol. The summed E-state index contributed by atoms with van der Waals surface area (Å²) < 4.78 is 27.4. The zero-order valence-corrected chi connectivity index (χ0v) is 17.0. The predicted molar refractivity (Wildman–Crippen MR) is 110 cm³/mol. The van der Waals surface area contributed by atoms with Crippen LogP contribution in [0.3, 0.4) is 0 Å². The number of fused-ring (bicyclic) bond motifs is 1. The fourth-order valence-electron chi connectivity index (χ4n) is 4.18. The standard InChI is InChI=1S/C22H26N2O3S/c1-17-6-4-14-23(16-17)28(26,27)20-12-10-19(11-13-20)22(25)24-15-5-8-18-7-2-3-9-21(18)24/h2-3,7,9-13,17H,4-6,8,14-16H2,1H3. The molecule has 4 rings (SSSR count). The van der Waals surface area contributed by atoms with Crippen LogP contribution in [-0.4, -0.2) is 38.3 Å². The number of amides is 1. The highest BCUT2D eigenvalue weighted by molar-refractivity contribution is 7.89. The number of rotatable bonds is 3. The van der Waals surface area contributed by atoms with Gasteiger partial charge < -0.3 is 4.90 Å². The lowest BCUT2D eigenvalue weighted by Gasteiger charge is -2.30. The molecule has 6 heteroatoms. The van der Waals surface area contributed by atoms with E-state index in [2.05, 4.69) is 13.0 Å². The molecule has 2 aromatic carbocycles. The fraction of sp³-hybridized carbons (Fsp3) is 0.409. The number of sulfonamides is 1. The molecular formula is C22H26N2O3S. The van der Waals surface area contributed by atoms with Crippen molar-refractivity contribution in [2.24, 2.45) is 5.92 Å². The van der Waals surface area contributed by atoms with Gasteiger partial charge in [-0.15, -0.1) is 0 Å². The lowest BCUT2D eigenvalue weighted by molar-refractivity contribution is 0.0985. The van der Waals surface area contributed by atoms with Crippen LogP contribution in [0, 0.1) is 5.92 Å². The van der Waals surface area contributed by atoms with Crippen molar-refractivity contribution in [2.45, 2.75) is 37.5 Å². The van der Waals surface area contributed by atoms with Gasteiger partial charge in [-0.3, -0.25) is 4.79 Å². The summed E-state index contributed by atoms with van der Waals surface area (Å²) >= 11 is 0. The van der Waals surface area contributed by atoms with Crippen molar-refractivity contribution in [1.29, 1.82) is 0 Å². The van der Waals surface area contributed by atoms with Gasteiger partial charge in [-0.1, -0.05) is 25.1 Å². The summed E-state index contributed by atoms with van der Waals surface area (Å²) in [6.07, 6.45) is 3.87. The number of nitrogens with zero attached hydrogens (tertiary/aromatic N) is 2. The summed E-state index contributed by atoms with van der Waals surface area (Å²) in [4.78, 5) is 15.1. The molecule has 1 unspecified atom stereocenters. The van der Waals surface area contributed by atoms with Gasteiger partial charge in [0.1, 0.15) is 0 Å². The van der Waals surface area contributed by atoms with Crippen molar-refractivity contribution < 1.29 is 13.2 Å². The molecule has 1 saturated heterocycles. The Balaban J connectivity index is 1.56. The molecule has 1 fully saturated rings. The van der Waals surface area contributed by atoms with Gasteiger partial charge in [-0.25, -0.2) is 8.42 Å². The van der Waals surface area contributed by atoms with Crippen LogP contribution >= 0.6 is 0 Å². The van der Waals surface area contributed by atoms with Gasteiger partial charge in [0, 0.05) is 30.9 Å². The average molecular weight is 399 g/mol. The van der Waals surface area contributed by atoms with E-state index in [4.69, 9.17) is 0 Å². The van der Waals surface area contributed by atoms with Crippen LogP contribution in [0.2, 0.25) is 0 Å². The smallest absolute Gasteiger partial charge is 0.258 e. The van der Waals surface area contributed by atoms with E-state index in [0.717, 1.165) is 31.4 Å².